The van der Waals surface area contributed by atoms with Crippen LogP contribution in [0.5, 0.6) is 0 Å². The number of aromatic amines is 1. The smallest absolute Gasteiger partial charge is 0.223 e. The minimum absolute atomic E-state index is 0.0139. The summed E-state index contributed by atoms with van der Waals surface area (Å²) in [7, 11) is 0. The van der Waals surface area contributed by atoms with Crippen LogP contribution in [-0.2, 0) is 16.0 Å². The normalized spacial score (nSPS) is 23.1. The standard InChI is InChI=1S/C26H28FN3O2/c27-20-8-3-6-18(16-20)25-26(14-12-23(31)29-26)13-5-15-30(25)24(32)11-4-7-19-17-28-22-10-2-1-9-21(19)22/h1-3,6,8-10,16-17,25,28H,4-5,7,11-15H2,(H,29,31)/t25-,26+/m1/s1. The first kappa shape index (κ1) is 20.7. The maximum Gasteiger partial charge on any atom is 0.223 e. The van der Waals surface area contributed by atoms with E-state index in [0.717, 1.165) is 36.8 Å². The zero-order chi connectivity index (χ0) is 22.1. The molecule has 2 N–H and O–H groups in total. The van der Waals surface area contributed by atoms with E-state index in [4.69, 9.17) is 0 Å². The molecule has 5 nitrogen and oxygen atoms in total. The average molecular weight is 434 g/mol. The van der Waals surface area contributed by atoms with Gasteiger partial charge >= 0.3 is 0 Å². The van der Waals surface area contributed by atoms with E-state index < -0.39 is 5.54 Å². The van der Waals surface area contributed by atoms with E-state index in [1.807, 2.05) is 29.3 Å². The molecule has 0 aliphatic carbocycles. The van der Waals surface area contributed by atoms with Crippen LogP contribution in [-0.4, -0.2) is 33.8 Å². The van der Waals surface area contributed by atoms with Crippen molar-refractivity contribution in [1.82, 2.24) is 15.2 Å². The molecule has 6 heteroatoms. The quantitative estimate of drug-likeness (QED) is 0.616. The van der Waals surface area contributed by atoms with Gasteiger partial charge in [-0.05, 0) is 61.4 Å². The summed E-state index contributed by atoms with van der Waals surface area (Å²) in [6.45, 7) is 0.630. The summed E-state index contributed by atoms with van der Waals surface area (Å²) in [4.78, 5) is 30.7. The van der Waals surface area contributed by atoms with Gasteiger partial charge in [0.2, 0.25) is 11.8 Å². The largest absolute Gasteiger partial charge is 0.361 e. The van der Waals surface area contributed by atoms with Crippen molar-refractivity contribution in [2.45, 2.75) is 56.5 Å². The second kappa shape index (κ2) is 8.41. The average Bonchev–Trinajstić information content (AvgIpc) is 3.37. The molecule has 2 aliphatic rings. The number of aryl methyl sites for hydroxylation is 1. The summed E-state index contributed by atoms with van der Waals surface area (Å²) < 4.78 is 14.1. The van der Waals surface area contributed by atoms with Gasteiger partial charge in [-0.3, -0.25) is 9.59 Å². The number of H-pyrrole nitrogens is 1. The number of nitrogens with zero attached hydrogens (tertiary/aromatic N) is 1. The van der Waals surface area contributed by atoms with Gasteiger partial charge in [-0.2, -0.15) is 0 Å². The fourth-order valence-corrected chi connectivity index (χ4v) is 5.62. The van der Waals surface area contributed by atoms with E-state index >= 15 is 0 Å². The van der Waals surface area contributed by atoms with Gasteiger partial charge < -0.3 is 15.2 Å². The van der Waals surface area contributed by atoms with Crippen LogP contribution in [0.25, 0.3) is 10.9 Å². The highest BCUT2D eigenvalue weighted by molar-refractivity contribution is 5.83. The Morgan fingerprint density at radius 2 is 2.03 bits per heavy atom. The van der Waals surface area contributed by atoms with Crippen molar-refractivity contribution < 1.29 is 14.0 Å². The molecule has 2 saturated heterocycles. The number of hydrogen-bond donors (Lipinski definition) is 2. The van der Waals surface area contributed by atoms with Gasteiger partial charge in [0.25, 0.3) is 0 Å². The van der Waals surface area contributed by atoms with E-state index in [1.54, 1.807) is 6.07 Å². The predicted octanol–water partition coefficient (Wildman–Crippen LogP) is 4.64. The summed E-state index contributed by atoms with van der Waals surface area (Å²) in [5.41, 5.74) is 2.58. The summed E-state index contributed by atoms with van der Waals surface area (Å²) in [5.74, 6) is -0.237. The Labute approximate surface area is 187 Å². The van der Waals surface area contributed by atoms with Crippen LogP contribution < -0.4 is 5.32 Å². The van der Waals surface area contributed by atoms with Gasteiger partial charge in [-0.1, -0.05) is 30.3 Å². The van der Waals surface area contributed by atoms with Crippen LogP contribution in [0.1, 0.15) is 55.7 Å². The van der Waals surface area contributed by atoms with Crippen molar-refractivity contribution in [2.24, 2.45) is 0 Å². The number of benzene rings is 2. The third-order valence-corrected chi connectivity index (χ3v) is 7.04. The third kappa shape index (κ3) is 3.78. The van der Waals surface area contributed by atoms with Crippen molar-refractivity contribution >= 4 is 22.7 Å². The highest BCUT2D eigenvalue weighted by Gasteiger charge is 2.50. The van der Waals surface area contributed by atoms with Crippen LogP contribution in [0.4, 0.5) is 4.39 Å². The number of hydrogen-bond acceptors (Lipinski definition) is 2. The van der Waals surface area contributed by atoms with Crippen molar-refractivity contribution in [2.75, 3.05) is 6.54 Å². The fraction of sp³-hybridized carbons (Fsp3) is 0.385. The molecule has 2 fully saturated rings. The van der Waals surface area contributed by atoms with E-state index in [9.17, 15) is 14.0 Å². The molecule has 0 radical (unpaired) electrons. The van der Waals surface area contributed by atoms with E-state index in [2.05, 4.69) is 22.4 Å². The summed E-state index contributed by atoms with van der Waals surface area (Å²) in [5, 5.41) is 4.36. The number of amides is 2. The first-order valence-corrected chi connectivity index (χ1v) is 11.5. The van der Waals surface area contributed by atoms with Crippen molar-refractivity contribution in [1.29, 1.82) is 0 Å². The Morgan fingerprint density at radius 3 is 2.84 bits per heavy atom. The number of halogens is 1. The van der Waals surface area contributed by atoms with Crippen LogP contribution in [0.3, 0.4) is 0 Å². The molecule has 1 spiro atoms. The second-order valence-corrected chi connectivity index (χ2v) is 9.07. The number of aromatic nitrogens is 1. The molecule has 166 valence electrons. The highest BCUT2D eigenvalue weighted by Crippen LogP contribution is 2.45. The molecule has 2 aliphatic heterocycles. The molecule has 0 saturated carbocycles. The molecular formula is C26H28FN3O2. The maximum absolute atomic E-state index is 14.1. The molecular weight excluding hydrogens is 405 g/mol. The Hall–Kier alpha value is -3.15. The van der Waals surface area contributed by atoms with Gasteiger partial charge in [-0.25, -0.2) is 4.39 Å². The Balaban J connectivity index is 1.35. The highest BCUT2D eigenvalue weighted by atomic mass is 19.1. The minimum Gasteiger partial charge on any atom is -0.361 e. The second-order valence-electron chi connectivity index (χ2n) is 9.07. The zero-order valence-corrected chi connectivity index (χ0v) is 18.1. The van der Waals surface area contributed by atoms with Gasteiger partial charge in [-0.15, -0.1) is 0 Å². The van der Waals surface area contributed by atoms with Crippen LogP contribution >= 0.6 is 0 Å². The number of rotatable bonds is 5. The molecule has 3 heterocycles. The number of carbonyl (C=O) groups is 2. The van der Waals surface area contributed by atoms with Crippen molar-refractivity contribution in [3.05, 3.63) is 71.7 Å². The number of carbonyl (C=O) groups excluding carboxylic acids is 2. The molecule has 2 aromatic carbocycles. The number of fused-ring (bicyclic) bond motifs is 1. The lowest BCUT2D eigenvalue weighted by atomic mass is 9.76. The van der Waals surface area contributed by atoms with Crippen LogP contribution in [0.2, 0.25) is 0 Å². The van der Waals surface area contributed by atoms with E-state index in [0.29, 0.717) is 25.8 Å². The SMILES string of the molecule is O=C1CC[C@]2(CCCN(C(=O)CCCc3c[nH]c4ccccc34)[C@@H]2c2cccc(F)c2)N1. The molecule has 32 heavy (non-hydrogen) atoms. The zero-order valence-electron chi connectivity index (χ0n) is 18.1. The van der Waals surface area contributed by atoms with E-state index in [1.165, 1.54) is 23.1 Å². The van der Waals surface area contributed by atoms with Gasteiger partial charge in [0.15, 0.2) is 0 Å². The van der Waals surface area contributed by atoms with Gasteiger partial charge in [0.05, 0.1) is 11.6 Å². The molecule has 1 aromatic heterocycles. The molecule has 5 rings (SSSR count). The molecule has 0 bridgehead atoms. The molecule has 0 unspecified atom stereocenters. The minimum atomic E-state index is -0.504. The lowest BCUT2D eigenvalue weighted by Crippen LogP contribution is -2.58. The number of nitrogens with one attached hydrogen (secondary N) is 2. The first-order valence-electron chi connectivity index (χ1n) is 11.5. The molecule has 2 amide bonds. The van der Waals surface area contributed by atoms with Gasteiger partial charge in [0, 0.05) is 36.5 Å². The lowest BCUT2D eigenvalue weighted by Gasteiger charge is -2.48. The number of piperidine rings is 1. The summed E-state index contributed by atoms with van der Waals surface area (Å²) >= 11 is 0. The topological polar surface area (TPSA) is 65.2 Å². The summed E-state index contributed by atoms with van der Waals surface area (Å²) in [6, 6.07) is 14.3. The predicted molar refractivity (Wildman–Crippen MR) is 121 cm³/mol. The summed E-state index contributed by atoms with van der Waals surface area (Å²) in [6.07, 6.45) is 6.77. The monoisotopic (exact) mass is 433 g/mol. The molecule has 3 aromatic rings. The number of para-hydroxylation sites is 1. The Morgan fingerprint density at radius 1 is 1.16 bits per heavy atom. The fourth-order valence-electron chi connectivity index (χ4n) is 5.62. The Kier molecular flexibility index (Phi) is 5.45. The van der Waals surface area contributed by atoms with Crippen molar-refractivity contribution in [3.63, 3.8) is 0 Å². The third-order valence-electron chi connectivity index (χ3n) is 7.04. The van der Waals surface area contributed by atoms with Crippen LogP contribution in [0.15, 0.2) is 54.7 Å². The lowest BCUT2D eigenvalue weighted by molar-refractivity contribution is -0.139. The first-order chi connectivity index (χ1) is 15.6. The van der Waals surface area contributed by atoms with E-state index in [-0.39, 0.29) is 23.7 Å². The van der Waals surface area contributed by atoms with Crippen molar-refractivity contribution in [3.8, 4) is 0 Å². The molecule has 2 atom stereocenters. The number of likely N-dealkylation sites (tertiary alicyclic amines) is 1. The van der Waals surface area contributed by atoms with Crippen LogP contribution in [0, 0.1) is 5.82 Å². The van der Waals surface area contributed by atoms with Gasteiger partial charge in [0.1, 0.15) is 5.82 Å². The Bertz CT molecular complexity index is 1160. The maximum atomic E-state index is 14.1.